The summed E-state index contributed by atoms with van der Waals surface area (Å²) in [5, 5.41) is 2.31. The van der Waals surface area contributed by atoms with E-state index >= 15 is 0 Å². The number of fused-ring (bicyclic) bond motifs is 1. The molecule has 4 aromatic rings. The lowest BCUT2D eigenvalue weighted by atomic mass is 10.0. The van der Waals surface area contributed by atoms with Gasteiger partial charge in [0.25, 0.3) is 13.9 Å². The number of nitrogens with one attached hydrogen (secondary N) is 1. The topological polar surface area (TPSA) is 91.3 Å². The molecule has 4 atom stereocenters. The van der Waals surface area contributed by atoms with Crippen molar-refractivity contribution in [3.05, 3.63) is 83.2 Å². The highest BCUT2D eigenvalue weighted by Gasteiger charge is 2.52. The molecule has 0 radical (unpaired) electrons. The minimum atomic E-state index is -2.72. The van der Waals surface area contributed by atoms with Crippen molar-refractivity contribution in [3.63, 3.8) is 0 Å². The summed E-state index contributed by atoms with van der Waals surface area (Å²) in [6.45, 7) is 11.1. The van der Waals surface area contributed by atoms with Crippen LogP contribution < -0.4 is 15.9 Å². The molecule has 2 aromatic carbocycles. The quantitative estimate of drug-likeness (QED) is 0.366. The van der Waals surface area contributed by atoms with Crippen LogP contribution in [0.3, 0.4) is 0 Å². The van der Waals surface area contributed by atoms with Gasteiger partial charge in [-0.05, 0) is 22.3 Å². The van der Waals surface area contributed by atoms with E-state index in [0.29, 0.717) is 18.1 Å². The molecular formula is C29H36N4O4Si. The normalized spacial score (nSPS) is 22.3. The fourth-order valence-electron chi connectivity index (χ4n) is 5.79. The van der Waals surface area contributed by atoms with Gasteiger partial charge in [-0.25, -0.2) is 9.97 Å². The summed E-state index contributed by atoms with van der Waals surface area (Å²) in [4.78, 5) is 24.0. The Bertz CT molecular complexity index is 1410. The maximum Gasteiger partial charge on any atom is 0.279 e. The molecule has 0 spiro atoms. The van der Waals surface area contributed by atoms with Crippen molar-refractivity contribution in [2.24, 2.45) is 5.92 Å². The molecule has 9 heteroatoms. The number of ether oxygens (including phenoxy) is 2. The van der Waals surface area contributed by atoms with Gasteiger partial charge in [0.1, 0.15) is 11.9 Å². The van der Waals surface area contributed by atoms with E-state index < -0.39 is 14.5 Å². The Labute approximate surface area is 224 Å². The minimum Gasteiger partial charge on any atom is -0.405 e. The highest BCUT2D eigenvalue weighted by molar-refractivity contribution is 6.99. The molecular weight excluding hydrogens is 496 g/mol. The lowest BCUT2D eigenvalue weighted by molar-refractivity contribution is -0.0567. The standard InChI is InChI=1S/C29H36N4O4Si/c1-19-23(37-28(25(19)35-6)33-18-30-24-26(33)31-20(2)32-27(24)34)17-36-38(29(3,4)5,21-13-9-7-10-14-21)22-15-11-8-12-16-22/h7-16,18-19,23,25,28H,17H2,1-6H3,(H,31,32,34)/t19-,23+,25?,28+/m0/s1. The molecule has 1 aliphatic heterocycles. The average Bonchev–Trinajstić information content (AvgIpc) is 3.45. The molecule has 8 nitrogen and oxygen atoms in total. The fourth-order valence-corrected chi connectivity index (χ4v) is 10.4. The Morgan fingerprint density at radius 2 is 1.66 bits per heavy atom. The maximum absolute atomic E-state index is 12.4. The number of hydrogen-bond acceptors (Lipinski definition) is 6. The number of H-pyrrole nitrogens is 1. The van der Waals surface area contributed by atoms with Crippen LogP contribution in [0.25, 0.3) is 11.2 Å². The third kappa shape index (κ3) is 4.43. The van der Waals surface area contributed by atoms with Gasteiger partial charge in [-0.2, -0.15) is 0 Å². The van der Waals surface area contributed by atoms with Gasteiger partial charge in [-0.1, -0.05) is 88.4 Å². The number of benzene rings is 2. The summed E-state index contributed by atoms with van der Waals surface area (Å²) < 4.78 is 21.5. The molecule has 1 aliphatic rings. The predicted molar refractivity (Wildman–Crippen MR) is 150 cm³/mol. The minimum absolute atomic E-state index is 0.0313. The monoisotopic (exact) mass is 532 g/mol. The molecule has 0 aliphatic carbocycles. The smallest absolute Gasteiger partial charge is 0.279 e. The highest BCUT2D eigenvalue weighted by Crippen LogP contribution is 2.40. The number of methoxy groups -OCH3 is 1. The Morgan fingerprint density at radius 3 is 2.21 bits per heavy atom. The first-order chi connectivity index (χ1) is 18.2. The van der Waals surface area contributed by atoms with Crippen LogP contribution in [0.15, 0.2) is 71.8 Å². The van der Waals surface area contributed by atoms with E-state index in [2.05, 4.69) is 91.2 Å². The van der Waals surface area contributed by atoms with E-state index in [9.17, 15) is 4.79 Å². The van der Waals surface area contributed by atoms with Gasteiger partial charge in [0.2, 0.25) is 0 Å². The lowest BCUT2D eigenvalue weighted by Crippen LogP contribution is -2.67. The van der Waals surface area contributed by atoms with Crippen LogP contribution in [-0.4, -0.2) is 53.8 Å². The summed E-state index contributed by atoms with van der Waals surface area (Å²) in [6, 6.07) is 21.2. The van der Waals surface area contributed by atoms with Crippen LogP contribution in [0.4, 0.5) is 0 Å². The van der Waals surface area contributed by atoms with Gasteiger partial charge in [-0.15, -0.1) is 0 Å². The van der Waals surface area contributed by atoms with E-state index in [1.54, 1.807) is 20.4 Å². The van der Waals surface area contributed by atoms with Gasteiger partial charge in [0, 0.05) is 13.0 Å². The Balaban J connectivity index is 1.51. The van der Waals surface area contributed by atoms with Gasteiger partial charge >= 0.3 is 0 Å². The predicted octanol–water partition coefficient (Wildman–Crippen LogP) is 3.55. The second-order valence-corrected chi connectivity index (χ2v) is 15.4. The van der Waals surface area contributed by atoms with Crippen LogP contribution in [0, 0.1) is 12.8 Å². The number of aromatic nitrogens is 4. The summed E-state index contributed by atoms with van der Waals surface area (Å²) >= 11 is 0. The Morgan fingerprint density at radius 1 is 1.05 bits per heavy atom. The van der Waals surface area contributed by atoms with Crippen LogP contribution in [0.1, 0.15) is 39.7 Å². The second-order valence-electron chi connectivity index (χ2n) is 11.1. The van der Waals surface area contributed by atoms with Gasteiger partial charge in [-0.3, -0.25) is 9.36 Å². The first-order valence-electron chi connectivity index (χ1n) is 13.0. The molecule has 38 heavy (non-hydrogen) atoms. The zero-order chi connectivity index (χ0) is 27.1. The molecule has 1 unspecified atom stereocenters. The van der Waals surface area contributed by atoms with E-state index in [1.807, 2.05) is 16.7 Å². The van der Waals surface area contributed by atoms with Crippen molar-refractivity contribution in [1.82, 2.24) is 19.5 Å². The molecule has 1 saturated heterocycles. The van der Waals surface area contributed by atoms with Crippen molar-refractivity contribution < 1.29 is 13.9 Å². The average molecular weight is 533 g/mol. The van der Waals surface area contributed by atoms with Crippen molar-refractivity contribution in [3.8, 4) is 0 Å². The van der Waals surface area contributed by atoms with Gasteiger partial charge in [0.15, 0.2) is 17.4 Å². The summed E-state index contributed by atoms with van der Waals surface area (Å²) in [6.07, 6.45) is 0.636. The SMILES string of the molecule is COC1[C@@H](C)[C@@H](CO[Si](c2ccccc2)(c2ccccc2)C(C)(C)C)O[C@H]1n1cnc2c(=O)[nH]c(C)nc21. The molecule has 5 rings (SSSR count). The van der Waals surface area contributed by atoms with Gasteiger partial charge < -0.3 is 18.9 Å². The Hall–Kier alpha value is -3.11. The third-order valence-electron chi connectivity index (χ3n) is 7.68. The molecule has 2 aromatic heterocycles. The largest absolute Gasteiger partial charge is 0.405 e. The van der Waals surface area contributed by atoms with Gasteiger partial charge in [0.05, 0.1) is 19.0 Å². The molecule has 200 valence electrons. The Kier molecular flexibility index (Phi) is 7.12. The van der Waals surface area contributed by atoms with Crippen LogP contribution in [0.5, 0.6) is 0 Å². The van der Waals surface area contributed by atoms with E-state index in [4.69, 9.17) is 13.9 Å². The molecule has 0 amide bonds. The van der Waals surface area contributed by atoms with Crippen LogP contribution in [0.2, 0.25) is 5.04 Å². The molecule has 3 heterocycles. The van der Waals surface area contributed by atoms with Crippen molar-refractivity contribution in [2.75, 3.05) is 13.7 Å². The summed E-state index contributed by atoms with van der Waals surface area (Å²) in [5.74, 6) is 0.555. The van der Waals surface area contributed by atoms with E-state index in [0.717, 1.165) is 0 Å². The highest BCUT2D eigenvalue weighted by atomic mass is 28.4. The second kappa shape index (κ2) is 10.2. The molecule has 1 N–H and O–H groups in total. The number of imidazole rings is 1. The first kappa shape index (κ1) is 26.5. The van der Waals surface area contributed by atoms with Crippen molar-refractivity contribution in [2.45, 2.75) is 58.1 Å². The molecule has 0 bridgehead atoms. The number of nitrogens with zero attached hydrogens (tertiary/aromatic N) is 3. The molecule has 0 saturated carbocycles. The number of rotatable bonds is 7. The number of aryl methyl sites for hydroxylation is 1. The van der Waals surface area contributed by atoms with E-state index in [-0.39, 0.29) is 34.2 Å². The molecule has 1 fully saturated rings. The number of hydrogen-bond donors (Lipinski definition) is 1. The number of aromatic amines is 1. The summed E-state index contributed by atoms with van der Waals surface area (Å²) in [5.41, 5.74) is 0.505. The fraction of sp³-hybridized carbons (Fsp3) is 0.414. The lowest BCUT2D eigenvalue weighted by Gasteiger charge is -2.43. The first-order valence-corrected chi connectivity index (χ1v) is 14.9. The third-order valence-corrected chi connectivity index (χ3v) is 12.7. The van der Waals surface area contributed by atoms with Crippen LogP contribution >= 0.6 is 0 Å². The van der Waals surface area contributed by atoms with Crippen molar-refractivity contribution in [1.29, 1.82) is 0 Å². The summed E-state index contributed by atoms with van der Waals surface area (Å²) in [7, 11) is -1.04. The van der Waals surface area contributed by atoms with Crippen LogP contribution in [-0.2, 0) is 13.9 Å². The van der Waals surface area contributed by atoms with Crippen molar-refractivity contribution >= 4 is 29.9 Å². The van der Waals surface area contributed by atoms with E-state index in [1.165, 1.54) is 10.4 Å². The zero-order valence-electron chi connectivity index (χ0n) is 22.8. The zero-order valence-corrected chi connectivity index (χ0v) is 23.8. The maximum atomic E-state index is 12.4.